The topological polar surface area (TPSA) is 91.6 Å². The molecule has 214 valence electrons. The maximum absolute atomic E-state index is 13.8. The predicted molar refractivity (Wildman–Crippen MR) is 159 cm³/mol. The van der Waals surface area contributed by atoms with E-state index in [1.165, 1.54) is 21.3 Å². The molecule has 0 fully saturated rings. The summed E-state index contributed by atoms with van der Waals surface area (Å²) in [4.78, 5) is 39.6. The third-order valence-electron chi connectivity index (χ3n) is 7.07. The van der Waals surface area contributed by atoms with E-state index >= 15 is 0 Å². The first-order chi connectivity index (χ1) is 20.4. The molecule has 0 unspecified atom stereocenters. The molecule has 42 heavy (non-hydrogen) atoms. The number of benzene rings is 4. The van der Waals surface area contributed by atoms with Crippen LogP contribution in [0.2, 0.25) is 0 Å². The molecule has 1 aromatic heterocycles. The van der Waals surface area contributed by atoms with Gasteiger partial charge >= 0.3 is 5.69 Å². The van der Waals surface area contributed by atoms with Crippen molar-refractivity contribution in [2.75, 3.05) is 20.8 Å². The Morgan fingerprint density at radius 1 is 0.762 bits per heavy atom. The Hall–Kier alpha value is -5.18. The number of carbonyl (C=O) groups is 1. The largest absolute Gasteiger partial charge is 0.493 e. The smallest absolute Gasteiger partial charge is 0.332 e. The number of fused-ring (bicyclic) bond motifs is 1. The van der Waals surface area contributed by atoms with Crippen molar-refractivity contribution in [2.24, 2.45) is 0 Å². The number of ether oxygens (including phenoxy) is 2. The molecule has 1 N–H and O–H groups in total. The Morgan fingerprint density at radius 2 is 1.48 bits per heavy atom. The standard InChI is InChI=1S/C33H30FN3O5/c1-41-29-15-12-22(19-30(29)42-2)16-17-35-31(38)25-13-10-23(11-14-25)20-37-32(39)27-8-3-4-9-28(27)36(33(37)40)21-24-6-5-7-26(34)18-24/h3-15,18-19H,16-17,20-21H2,1-2H3,(H,35,38). The summed E-state index contributed by atoms with van der Waals surface area (Å²) >= 11 is 0. The van der Waals surface area contributed by atoms with Gasteiger partial charge in [0, 0.05) is 12.1 Å². The van der Waals surface area contributed by atoms with E-state index in [1.54, 1.807) is 74.9 Å². The van der Waals surface area contributed by atoms with Gasteiger partial charge in [-0.3, -0.25) is 18.7 Å². The number of carbonyl (C=O) groups excluding carboxylic acids is 1. The average molecular weight is 568 g/mol. The van der Waals surface area contributed by atoms with Gasteiger partial charge in [-0.1, -0.05) is 42.5 Å². The number of para-hydroxylation sites is 1. The monoisotopic (exact) mass is 567 g/mol. The summed E-state index contributed by atoms with van der Waals surface area (Å²) in [6.45, 7) is 0.556. The lowest BCUT2D eigenvalue weighted by Gasteiger charge is -2.15. The van der Waals surface area contributed by atoms with Crippen LogP contribution in [0.15, 0.2) is 101 Å². The molecule has 0 atom stereocenters. The maximum Gasteiger partial charge on any atom is 0.332 e. The van der Waals surface area contributed by atoms with Crippen molar-refractivity contribution in [1.82, 2.24) is 14.5 Å². The summed E-state index contributed by atoms with van der Waals surface area (Å²) in [5.74, 6) is 0.635. The van der Waals surface area contributed by atoms with Gasteiger partial charge in [-0.2, -0.15) is 0 Å². The van der Waals surface area contributed by atoms with Crippen molar-refractivity contribution in [3.63, 3.8) is 0 Å². The van der Waals surface area contributed by atoms with E-state index in [-0.39, 0.29) is 19.0 Å². The number of rotatable bonds is 10. The van der Waals surface area contributed by atoms with Gasteiger partial charge in [-0.25, -0.2) is 9.18 Å². The Kier molecular flexibility index (Phi) is 8.47. The van der Waals surface area contributed by atoms with E-state index < -0.39 is 17.1 Å². The van der Waals surface area contributed by atoms with Crippen molar-refractivity contribution in [1.29, 1.82) is 0 Å². The summed E-state index contributed by atoms with van der Waals surface area (Å²) in [6.07, 6.45) is 0.608. The Labute approximate surface area is 241 Å². The highest BCUT2D eigenvalue weighted by Crippen LogP contribution is 2.27. The fourth-order valence-electron chi connectivity index (χ4n) is 4.88. The summed E-state index contributed by atoms with van der Waals surface area (Å²) in [5.41, 5.74) is 2.31. The molecule has 5 aromatic rings. The molecule has 0 aliphatic rings. The van der Waals surface area contributed by atoms with E-state index in [9.17, 15) is 18.8 Å². The molecule has 0 saturated carbocycles. The summed E-state index contributed by atoms with van der Waals surface area (Å²) in [6, 6.07) is 25.3. The van der Waals surface area contributed by atoms with Crippen molar-refractivity contribution < 1.29 is 18.7 Å². The number of nitrogens with zero attached hydrogens (tertiary/aromatic N) is 2. The molecular formula is C33H30FN3O5. The van der Waals surface area contributed by atoms with E-state index in [1.807, 2.05) is 18.2 Å². The fraction of sp³-hybridized carbons (Fsp3) is 0.182. The van der Waals surface area contributed by atoms with Gasteiger partial charge in [0.2, 0.25) is 0 Å². The van der Waals surface area contributed by atoms with Crippen molar-refractivity contribution in [3.8, 4) is 11.5 Å². The molecule has 0 saturated heterocycles. The number of methoxy groups -OCH3 is 2. The molecule has 1 amide bonds. The Bertz CT molecular complexity index is 1860. The average Bonchev–Trinajstić information content (AvgIpc) is 3.01. The first-order valence-electron chi connectivity index (χ1n) is 13.4. The van der Waals surface area contributed by atoms with Gasteiger partial charge in [0.25, 0.3) is 11.5 Å². The van der Waals surface area contributed by atoms with Crippen molar-refractivity contribution in [3.05, 3.63) is 140 Å². The van der Waals surface area contributed by atoms with Crippen molar-refractivity contribution in [2.45, 2.75) is 19.5 Å². The molecule has 0 spiro atoms. The molecule has 4 aromatic carbocycles. The van der Waals surface area contributed by atoms with Gasteiger partial charge in [0.15, 0.2) is 11.5 Å². The lowest BCUT2D eigenvalue weighted by Crippen LogP contribution is -2.40. The van der Waals surface area contributed by atoms with Crippen LogP contribution in [0, 0.1) is 5.82 Å². The number of hydrogen-bond donors (Lipinski definition) is 1. The molecule has 0 aliphatic carbocycles. The lowest BCUT2D eigenvalue weighted by molar-refractivity contribution is 0.0954. The van der Waals surface area contributed by atoms with E-state index in [0.29, 0.717) is 52.1 Å². The molecule has 0 aliphatic heterocycles. The summed E-state index contributed by atoms with van der Waals surface area (Å²) in [5, 5.41) is 3.30. The van der Waals surface area contributed by atoms with Gasteiger partial charge in [0.05, 0.1) is 38.2 Å². The second-order valence-electron chi connectivity index (χ2n) is 9.80. The number of aromatic nitrogens is 2. The first kappa shape index (κ1) is 28.4. The molecule has 0 bridgehead atoms. The highest BCUT2D eigenvalue weighted by atomic mass is 19.1. The SMILES string of the molecule is COc1ccc(CCNC(=O)c2ccc(Cn3c(=O)c4ccccc4n(Cc4cccc(F)c4)c3=O)cc2)cc1OC. The van der Waals surface area contributed by atoms with Crippen LogP contribution in [0.3, 0.4) is 0 Å². The highest BCUT2D eigenvalue weighted by molar-refractivity contribution is 5.94. The molecular weight excluding hydrogens is 537 g/mol. The normalized spacial score (nSPS) is 10.9. The van der Waals surface area contributed by atoms with Gasteiger partial charge in [0.1, 0.15) is 5.82 Å². The zero-order chi connectivity index (χ0) is 29.6. The minimum absolute atomic E-state index is 0.0207. The first-order valence-corrected chi connectivity index (χ1v) is 13.4. The zero-order valence-electron chi connectivity index (χ0n) is 23.3. The summed E-state index contributed by atoms with van der Waals surface area (Å²) < 4.78 is 27.1. The third kappa shape index (κ3) is 6.10. The molecule has 1 heterocycles. The van der Waals surface area contributed by atoms with Crippen LogP contribution in [0.5, 0.6) is 11.5 Å². The Balaban J connectivity index is 1.31. The quantitative estimate of drug-likeness (QED) is 0.270. The predicted octanol–water partition coefficient (Wildman–Crippen LogP) is 4.39. The zero-order valence-corrected chi connectivity index (χ0v) is 23.3. The maximum atomic E-state index is 13.8. The van der Waals surface area contributed by atoms with Crippen molar-refractivity contribution >= 4 is 16.8 Å². The number of halogens is 1. The van der Waals surface area contributed by atoms with E-state index in [4.69, 9.17) is 9.47 Å². The lowest BCUT2D eigenvalue weighted by atomic mass is 10.1. The minimum Gasteiger partial charge on any atom is -0.493 e. The van der Waals surface area contributed by atoms with Gasteiger partial charge < -0.3 is 14.8 Å². The van der Waals surface area contributed by atoms with Gasteiger partial charge in [-0.05, 0) is 71.6 Å². The van der Waals surface area contributed by atoms with Gasteiger partial charge in [-0.15, -0.1) is 0 Å². The van der Waals surface area contributed by atoms with Crippen LogP contribution in [0.1, 0.15) is 27.0 Å². The molecule has 5 rings (SSSR count). The second kappa shape index (κ2) is 12.6. The second-order valence-corrected chi connectivity index (χ2v) is 9.80. The molecule has 9 heteroatoms. The number of nitrogens with one attached hydrogen (secondary N) is 1. The molecule has 8 nitrogen and oxygen atoms in total. The summed E-state index contributed by atoms with van der Waals surface area (Å²) in [7, 11) is 3.15. The van der Waals surface area contributed by atoms with Crippen LogP contribution in [0.25, 0.3) is 10.9 Å². The fourth-order valence-corrected chi connectivity index (χ4v) is 4.88. The molecule has 0 radical (unpaired) electrons. The minimum atomic E-state index is -0.500. The highest BCUT2D eigenvalue weighted by Gasteiger charge is 2.15. The van der Waals surface area contributed by atoms with E-state index in [0.717, 1.165) is 5.56 Å². The van der Waals surface area contributed by atoms with Crippen LogP contribution >= 0.6 is 0 Å². The van der Waals surface area contributed by atoms with E-state index in [2.05, 4.69) is 5.32 Å². The Morgan fingerprint density at radius 3 is 2.21 bits per heavy atom. The van der Waals surface area contributed by atoms with Crippen LogP contribution in [-0.4, -0.2) is 35.8 Å². The van der Waals surface area contributed by atoms with Crippen LogP contribution < -0.4 is 26.0 Å². The number of amides is 1. The number of hydrogen-bond acceptors (Lipinski definition) is 5. The third-order valence-corrected chi connectivity index (χ3v) is 7.07. The van der Waals surface area contributed by atoms with Crippen LogP contribution in [0.4, 0.5) is 4.39 Å². The van der Waals surface area contributed by atoms with Crippen LogP contribution in [-0.2, 0) is 19.5 Å².